The molecule has 0 unspecified atom stereocenters. The van der Waals surface area contributed by atoms with E-state index in [4.69, 9.17) is 0 Å². The van der Waals surface area contributed by atoms with Crippen LogP contribution >= 0.6 is 0 Å². The van der Waals surface area contributed by atoms with Crippen LogP contribution < -0.4 is 0 Å². The third-order valence-corrected chi connectivity index (χ3v) is 3.85. The molecule has 0 aliphatic rings. The fourth-order valence-electron chi connectivity index (χ4n) is 2.31. The molecule has 0 aromatic heterocycles. The largest absolute Gasteiger partial charge is 0.430 e. The van der Waals surface area contributed by atoms with Gasteiger partial charge in [0.05, 0.1) is 0 Å². The van der Waals surface area contributed by atoms with Gasteiger partial charge in [0.15, 0.2) is 5.78 Å². The zero-order valence-electron chi connectivity index (χ0n) is 13.6. The smallest absolute Gasteiger partial charge is 0.369 e. The second-order valence-electron chi connectivity index (χ2n) is 5.73. The number of carbonyl (C=O) groups excluding carboxylic acids is 1. The molecule has 1 aromatic carbocycles. The standard InChI is InChI=1S/C14H8F12O3/c1-5(27)6-2-3-7(9(28,11(15,16)17)12(18,19)20)8(4-6)10(29,13(21,22)23)14(24,25)26/h2-4,28-29H,1H3. The summed E-state index contributed by atoms with van der Waals surface area (Å²) in [5.41, 5.74) is -19.8. The van der Waals surface area contributed by atoms with Gasteiger partial charge in [0.2, 0.25) is 0 Å². The zero-order chi connectivity index (χ0) is 23.4. The topological polar surface area (TPSA) is 57.5 Å². The molecule has 0 bridgehead atoms. The van der Waals surface area contributed by atoms with E-state index in [-0.39, 0.29) is 6.07 Å². The number of rotatable bonds is 3. The number of alkyl halides is 12. The van der Waals surface area contributed by atoms with Crippen LogP contribution in [0, 0.1) is 0 Å². The summed E-state index contributed by atoms with van der Waals surface area (Å²) in [7, 11) is 0. The molecule has 0 aliphatic heterocycles. The van der Waals surface area contributed by atoms with Crippen LogP contribution in [0.5, 0.6) is 0 Å². The number of ketones is 1. The van der Waals surface area contributed by atoms with Crippen LogP contribution in [0.4, 0.5) is 52.7 Å². The zero-order valence-corrected chi connectivity index (χ0v) is 13.6. The van der Waals surface area contributed by atoms with Crippen molar-refractivity contribution in [1.82, 2.24) is 0 Å². The van der Waals surface area contributed by atoms with Crippen molar-refractivity contribution in [3.05, 3.63) is 34.9 Å². The van der Waals surface area contributed by atoms with E-state index in [2.05, 4.69) is 0 Å². The van der Waals surface area contributed by atoms with Gasteiger partial charge in [-0.2, -0.15) is 52.7 Å². The summed E-state index contributed by atoms with van der Waals surface area (Å²) in [6, 6.07) is -1.19. The third kappa shape index (κ3) is 3.76. The molecular formula is C14H8F12O3. The molecule has 0 atom stereocenters. The van der Waals surface area contributed by atoms with Crippen molar-refractivity contribution in [2.45, 2.75) is 42.8 Å². The Morgan fingerprint density at radius 3 is 1.24 bits per heavy atom. The number of aliphatic hydroxyl groups is 2. The highest BCUT2D eigenvalue weighted by atomic mass is 19.4. The molecule has 1 aromatic rings. The van der Waals surface area contributed by atoms with Crippen LogP contribution in [0.3, 0.4) is 0 Å². The molecule has 0 aliphatic carbocycles. The first kappa shape index (κ1) is 25.0. The van der Waals surface area contributed by atoms with Gasteiger partial charge in [0, 0.05) is 16.7 Å². The number of carbonyl (C=O) groups is 1. The number of hydrogen-bond acceptors (Lipinski definition) is 3. The van der Waals surface area contributed by atoms with Crippen LogP contribution in [-0.2, 0) is 11.2 Å². The average Bonchev–Trinajstić information content (AvgIpc) is 2.48. The van der Waals surface area contributed by atoms with Crippen molar-refractivity contribution in [3.63, 3.8) is 0 Å². The Labute approximate surface area is 152 Å². The molecule has 0 saturated carbocycles. The number of Topliss-reactive ketones (excluding diaryl/α,β-unsaturated/α-hetero) is 1. The van der Waals surface area contributed by atoms with Crippen molar-refractivity contribution in [2.75, 3.05) is 0 Å². The van der Waals surface area contributed by atoms with Crippen molar-refractivity contribution in [1.29, 1.82) is 0 Å². The summed E-state index contributed by atoms with van der Waals surface area (Å²) in [6.45, 7) is 0.527. The van der Waals surface area contributed by atoms with Gasteiger partial charge in [-0.05, 0) is 13.0 Å². The minimum Gasteiger partial charge on any atom is -0.369 e. The molecular weight excluding hydrogens is 444 g/mol. The quantitative estimate of drug-likeness (QED) is 0.524. The van der Waals surface area contributed by atoms with E-state index in [1.54, 1.807) is 0 Å². The molecule has 0 radical (unpaired) electrons. The predicted molar refractivity (Wildman–Crippen MR) is 68.5 cm³/mol. The normalized spacial score (nSPS) is 14.9. The highest BCUT2D eigenvalue weighted by Crippen LogP contribution is 2.57. The molecule has 0 spiro atoms. The van der Waals surface area contributed by atoms with Crippen LogP contribution in [0.2, 0.25) is 0 Å². The minimum atomic E-state index is -6.90. The lowest BCUT2D eigenvalue weighted by molar-refractivity contribution is -0.387. The number of benzene rings is 1. The van der Waals surface area contributed by atoms with E-state index in [0.29, 0.717) is 6.92 Å². The fraction of sp³-hybridized carbons (Fsp3) is 0.500. The van der Waals surface area contributed by atoms with Gasteiger partial charge in [0.25, 0.3) is 11.2 Å². The molecule has 0 fully saturated rings. The maximum absolute atomic E-state index is 13.1. The molecule has 0 saturated heterocycles. The molecule has 29 heavy (non-hydrogen) atoms. The number of hydrogen-bond donors (Lipinski definition) is 2. The Kier molecular flexibility index (Phi) is 5.82. The van der Waals surface area contributed by atoms with E-state index in [0.717, 1.165) is 0 Å². The Hall–Kier alpha value is -2.03. The number of halogens is 12. The van der Waals surface area contributed by atoms with E-state index in [1.165, 1.54) is 0 Å². The van der Waals surface area contributed by atoms with Gasteiger partial charge in [-0.25, -0.2) is 0 Å². The van der Waals surface area contributed by atoms with Crippen molar-refractivity contribution in [3.8, 4) is 0 Å². The lowest BCUT2D eigenvalue weighted by Gasteiger charge is -2.39. The van der Waals surface area contributed by atoms with E-state index >= 15 is 0 Å². The lowest BCUT2D eigenvalue weighted by atomic mass is 9.79. The van der Waals surface area contributed by atoms with E-state index < -0.39 is 70.5 Å². The summed E-state index contributed by atoms with van der Waals surface area (Å²) in [4.78, 5) is 11.2. The average molecular weight is 452 g/mol. The van der Waals surface area contributed by atoms with Gasteiger partial charge in [0.1, 0.15) is 0 Å². The molecule has 166 valence electrons. The highest BCUT2D eigenvalue weighted by Gasteiger charge is 2.77. The molecule has 3 nitrogen and oxygen atoms in total. The van der Waals surface area contributed by atoms with Gasteiger partial charge in [-0.3, -0.25) is 4.79 Å². The van der Waals surface area contributed by atoms with Gasteiger partial charge in [-0.1, -0.05) is 12.1 Å². The second-order valence-corrected chi connectivity index (χ2v) is 5.73. The van der Waals surface area contributed by atoms with E-state index in [1.807, 2.05) is 0 Å². The predicted octanol–water partition coefficient (Wildman–Crippen LogP) is 4.51. The van der Waals surface area contributed by atoms with Crippen molar-refractivity contribution >= 4 is 5.78 Å². The first-order valence-corrected chi connectivity index (χ1v) is 6.91. The minimum absolute atomic E-state index is 0.0385. The monoisotopic (exact) mass is 452 g/mol. The summed E-state index contributed by atoms with van der Waals surface area (Å²) in [5.74, 6) is -1.35. The first-order chi connectivity index (χ1) is 12.5. The second kappa shape index (κ2) is 6.75. The first-order valence-electron chi connectivity index (χ1n) is 6.91. The third-order valence-electron chi connectivity index (χ3n) is 3.85. The van der Waals surface area contributed by atoms with Gasteiger partial charge in [-0.15, -0.1) is 0 Å². The summed E-state index contributed by atoms with van der Waals surface area (Å²) >= 11 is 0. The van der Waals surface area contributed by atoms with Gasteiger partial charge < -0.3 is 10.2 Å². The van der Waals surface area contributed by atoms with Gasteiger partial charge >= 0.3 is 24.7 Å². The van der Waals surface area contributed by atoms with Crippen LogP contribution in [0.15, 0.2) is 18.2 Å². The fourth-order valence-corrected chi connectivity index (χ4v) is 2.31. The maximum atomic E-state index is 13.1. The summed E-state index contributed by atoms with van der Waals surface area (Å²) in [6.07, 6.45) is -27.5. The molecule has 0 heterocycles. The SMILES string of the molecule is CC(=O)c1ccc(C(O)(C(F)(F)F)C(F)(F)F)c(C(O)(C(F)(F)F)C(F)(F)F)c1. The Morgan fingerprint density at radius 2 is 0.966 bits per heavy atom. The van der Waals surface area contributed by atoms with Crippen molar-refractivity contribution in [2.24, 2.45) is 0 Å². The molecule has 0 amide bonds. The van der Waals surface area contributed by atoms with Crippen LogP contribution in [0.1, 0.15) is 28.4 Å². The van der Waals surface area contributed by atoms with Crippen molar-refractivity contribution < 1.29 is 67.7 Å². The Balaban J connectivity index is 4.26. The van der Waals surface area contributed by atoms with E-state index in [9.17, 15) is 67.7 Å². The Bertz CT molecular complexity index is 757. The molecule has 1 rings (SSSR count). The van der Waals surface area contributed by atoms with Crippen LogP contribution in [0.25, 0.3) is 0 Å². The molecule has 15 heteroatoms. The van der Waals surface area contributed by atoms with Crippen LogP contribution in [-0.4, -0.2) is 40.7 Å². The summed E-state index contributed by atoms with van der Waals surface area (Å²) in [5, 5.41) is 18.6. The maximum Gasteiger partial charge on any atom is 0.430 e. The lowest BCUT2D eigenvalue weighted by Crippen LogP contribution is -2.59. The molecule has 2 N–H and O–H groups in total. The highest BCUT2D eigenvalue weighted by molar-refractivity contribution is 5.94. The summed E-state index contributed by atoms with van der Waals surface area (Å²) < 4.78 is 157. The Morgan fingerprint density at radius 1 is 0.655 bits per heavy atom.